The van der Waals surface area contributed by atoms with Crippen molar-refractivity contribution in [3.63, 3.8) is 0 Å². The normalized spacial score (nSPS) is 10.6. The number of para-hydroxylation sites is 2. The maximum atomic E-state index is 13.0. The van der Waals surface area contributed by atoms with Crippen LogP contribution in [-0.4, -0.2) is 22.4 Å². The molecule has 110 valence electrons. The number of rotatable bonds is 3. The van der Waals surface area contributed by atoms with E-state index in [0.717, 1.165) is 5.52 Å². The lowest BCUT2D eigenvalue weighted by Gasteiger charge is -2.20. The summed E-state index contributed by atoms with van der Waals surface area (Å²) in [6.07, 6.45) is 1.47. The number of aromatic nitrogens is 2. The molecule has 0 spiro atoms. The van der Waals surface area contributed by atoms with Gasteiger partial charge in [-0.2, -0.15) is 0 Å². The summed E-state index contributed by atoms with van der Waals surface area (Å²) in [4.78, 5) is 22.8. The van der Waals surface area contributed by atoms with Crippen LogP contribution in [0.5, 0.6) is 0 Å². The molecule has 1 heterocycles. The quantitative estimate of drug-likeness (QED) is 0.743. The van der Waals surface area contributed by atoms with Crippen molar-refractivity contribution in [1.29, 1.82) is 0 Å². The van der Waals surface area contributed by atoms with Crippen molar-refractivity contribution < 1.29 is 9.18 Å². The Kier molecular flexibility index (Phi) is 3.78. The van der Waals surface area contributed by atoms with Crippen molar-refractivity contribution in [2.24, 2.45) is 0 Å². The summed E-state index contributed by atoms with van der Waals surface area (Å²) in [7, 11) is 0. The second kappa shape index (κ2) is 5.89. The molecule has 22 heavy (non-hydrogen) atoms. The van der Waals surface area contributed by atoms with Crippen LogP contribution >= 0.6 is 0 Å². The van der Waals surface area contributed by atoms with Crippen LogP contribution in [-0.2, 0) is 0 Å². The van der Waals surface area contributed by atoms with Crippen molar-refractivity contribution in [2.45, 2.75) is 6.92 Å². The van der Waals surface area contributed by atoms with E-state index in [1.807, 2.05) is 31.2 Å². The molecule has 0 atom stereocenters. The van der Waals surface area contributed by atoms with E-state index in [2.05, 4.69) is 9.97 Å². The molecule has 0 fully saturated rings. The van der Waals surface area contributed by atoms with E-state index in [1.54, 1.807) is 12.1 Å². The van der Waals surface area contributed by atoms with Crippen molar-refractivity contribution >= 4 is 22.6 Å². The highest BCUT2D eigenvalue weighted by molar-refractivity contribution is 6.05. The van der Waals surface area contributed by atoms with Gasteiger partial charge in [-0.05, 0) is 43.3 Å². The van der Waals surface area contributed by atoms with E-state index in [9.17, 15) is 9.18 Å². The van der Waals surface area contributed by atoms with E-state index in [1.165, 1.54) is 23.2 Å². The van der Waals surface area contributed by atoms with Gasteiger partial charge in [0.2, 0.25) is 0 Å². The van der Waals surface area contributed by atoms with Crippen LogP contribution in [0.15, 0.2) is 54.7 Å². The molecule has 0 saturated carbocycles. The van der Waals surface area contributed by atoms with Gasteiger partial charge in [-0.3, -0.25) is 9.78 Å². The lowest BCUT2D eigenvalue weighted by molar-refractivity contribution is 0.0983. The van der Waals surface area contributed by atoms with E-state index in [0.29, 0.717) is 17.7 Å². The molecule has 0 aliphatic rings. The van der Waals surface area contributed by atoms with E-state index in [-0.39, 0.29) is 17.4 Å². The number of halogens is 1. The summed E-state index contributed by atoms with van der Waals surface area (Å²) in [5.74, 6) is -0.592. The standard InChI is InChI=1S/C17H14FN3O/c1-2-21(13-9-7-12(18)8-10-13)17(22)16-11-19-14-5-3-4-6-15(14)20-16/h3-11H,2H2,1H3. The number of carbonyl (C=O) groups is 1. The maximum Gasteiger partial charge on any atom is 0.278 e. The van der Waals surface area contributed by atoms with E-state index < -0.39 is 0 Å². The topological polar surface area (TPSA) is 46.1 Å². The molecule has 0 aliphatic heterocycles. The van der Waals surface area contributed by atoms with Gasteiger partial charge in [-0.25, -0.2) is 9.37 Å². The maximum absolute atomic E-state index is 13.0. The highest BCUT2D eigenvalue weighted by atomic mass is 19.1. The van der Waals surface area contributed by atoms with Crippen LogP contribution in [0.4, 0.5) is 10.1 Å². The van der Waals surface area contributed by atoms with Crippen LogP contribution in [0.1, 0.15) is 17.4 Å². The lowest BCUT2D eigenvalue weighted by Crippen LogP contribution is -2.31. The third-order valence-corrected chi connectivity index (χ3v) is 3.37. The second-order valence-electron chi connectivity index (χ2n) is 4.77. The fourth-order valence-corrected chi connectivity index (χ4v) is 2.26. The fourth-order valence-electron chi connectivity index (χ4n) is 2.26. The largest absolute Gasteiger partial charge is 0.307 e. The Morgan fingerprint density at radius 1 is 1.09 bits per heavy atom. The highest BCUT2D eigenvalue weighted by Crippen LogP contribution is 2.18. The van der Waals surface area contributed by atoms with Crippen LogP contribution < -0.4 is 4.90 Å². The number of anilines is 1. The summed E-state index contributed by atoms with van der Waals surface area (Å²) in [5.41, 5.74) is 2.31. The van der Waals surface area contributed by atoms with Gasteiger partial charge < -0.3 is 4.90 Å². The highest BCUT2D eigenvalue weighted by Gasteiger charge is 2.18. The number of hydrogen-bond donors (Lipinski definition) is 0. The third kappa shape index (κ3) is 2.65. The average molecular weight is 295 g/mol. The fraction of sp³-hybridized carbons (Fsp3) is 0.118. The Bertz CT molecular complexity index is 818. The summed E-state index contributed by atoms with van der Waals surface area (Å²) in [6.45, 7) is 2.31. The van der Waals surface area contributed by atoms with Gasteiger partial charge in [0, 0.05) is 12.2 Å². The van der Waals surface area contributed by atoms with Crippen molar-refractivity contribution in [1.82, 2.24) is 9.97 Å². The van der Waals surface area contributed by atoms with Crippen LogP contribution in [0.2, 0.25) is 0 Å². The van der Waals surface area contributed by atoms with Crippen molar-refractivity contribution in [3.8, 4) is 0 Å². The molecule has 3 rings (SSSR count). The Morgan fingerprint density at radius 3 is 2.45 bits per heavy atom. The third-order valence-electron chi connectivity index (χ3n) is 3.37. The number of fused-ring (bicyclic) bond motifs is 1. The Labute approximate surface area is 127 Å². The summed E-state index contributed by atoms with van der Waals surface area (Å²) in [5, 5.41) is 0. The minimum atomic E-state index is -0.335. The predicted octanol–water partition coefficient (Wildman–Crippen LogP) is 3.44. The number of carbonyl (C=O) groups excluding carboxylic acids is 1. The predicted molar refractivity (Wildman–Crippen MR) is 83.3 cm³/mol. The van der Waals surface area contributed by atoms with Gasteiger partial charge in [-0.15, -0.1) is 0 Å². The molecule has 5 heteroatoms. The molecular weight excluding hydrogens is 281 g/mol. The molecule has 0 aliphatic carbocycles. The van der Waals surface area contributed by atoms with Crippen LogP contribution in [0, 0.1) is 5.82 Å². The first-order chi connectivity index (χ1) is 10.7. The van der Waals surface area contributed by atoms with Gasteiger partial charge in [0.1, 0.15) is 11.5 Å². The van der Waals surface area contributed by atoms with Gasteiger partial charge >= 0.3 is 0 Å². The molecule has 2 aromatic carbocycles. The zero-order valence-electron chi connectivity index (χ0n) is 12.0. The Hall–Kier alpha value is -2.82. The zero-order valence-corrected chi connectivity index (χ0v) is 12.0. The lowest BCUT2D eigenvalue weighted by atomic mass is 10.2. The molecule has 4 nitrogen and oxygen atoms in total. The molecule has 0 bridgehead atoms. The SMILES string of the molecule is CCN(C(=O)c1cnc2ccccc2n1)c1ccc(F)cc1. The van der Waals surface area contributed by atoms with Crippen molar-refractivity contribution in [3.05, 3.63) is 66.2 Å². The zero-order chi connectivity index (χ0) is 15.5. The minimum absolute atomic E-state index is 0.257. The molecule has 0 N–H and O–H groups in total. The molecule has 0 saturated heterocycles. The number of benzene rings is 2. The van der Waals surface area contributed by atoms with Crippen molar-refractivity contribution in [2.75, 3.05) is 11.4 Å². The molecule has 0 unspecified atom stereocenters. The van der Waals surface area contributed by atoms with Gasteiger partial charge in [0.05, 0.1) is 17.2 Å². The van der Waals surface area contributed by atoms with Gasteiger partial charge in [0.15, 0.2) is 0 Å². The number of hydrogen-bond acceptors (Lipinski definition) is 3. The monoisotopic (exact) mass is 295 g/mol. The Morgan fingerprint density at radius 2 is 1.77 bits per heavy atom. The smallest absolute Gasteiger partial charge is 0.278 e. The average Bonchev–Trinajstić information content (AvgIpc) is 2.56. The summed E-state index contributed by atoms with van der Waals surface area (Å²) < 4.78 is 13.0. The number of amides is 1. The van der Waals surface area contributed by atoms with Gasteiger partial charge in [0.25, 0.3) is 5.91 Å². The van der Waals surface area contributed by atoms with Crippen LogP contribution in [0.25, 0.3) is 11.0 Å². The van der Waals surface area contributed by atoms with Crippen LogP contribution in [0.3, 0.4) is 0 Å². The molecule has 1 aromatic heterocycles. The summed E-state index contributed by atoms with van der Waals surface area (Å²) >= 11 is 0. The Balaban J connectivity index is 1.97. The molecule has 0 radical (unpaired) electrons. The van der Waals surface area contributed by atoms with E-state index >= 15 is 0 Å². The first-order valence-corrected chi connectivity index (χ1v) is 6.98. The summed E-state index contributed by atoms with van der Waals surface area (Å²) in [6, 6.07) is 13.2. The van der Waals surface area contributed by atoms with Gasteiger partial charge in [-0.1, -0.05) is 12.1 Å². The minimum Gasteiger partial charge on any atom is -0.307 e. The molecule has 3 aromatic rings. The molecule has 1 amide bonds. The van der Waals surface area contributed by atoms with E-state index in [4.69, 9.17) is 0 Å². The first kappa shape index (κ1) is 14.1. The number of nitrogens with zero attached hydrogens (tertiary/aromatic N) is 3. The first-order valence-electron chi connectivity index (χ1n) is 6.98. The second-order valence-corrected chi connectivity index (χ2v) is 4.77. The molecular formula is C17H14FN3O.